The van der Waals surface area contributed by atoms with Gasteiger partial charge in [-0.3, -0.25) is 10.0 Å². The van der Waals surface area contributed by atoms with Gasteiger partial charge in [-0.15, -0.1) is 0 Å². The monoisotopic (exact) mass is 505 g/mol. The van der Waals surface area contributed by atoms with E-state index in [0.717, 1.165) is 16.6 Å². The number of aliphatic hydroxyl groups is 1. The van der Waals surface area contributed by atoms with Crippen molar-refractivity contribution in [1.29, 1.82) is 0 Å². The lowest BCUT2D eigenvalue weighted by Gasteiger charge is -2.25. The van der Waals surface area contributed by atoms with Crippen molar-refractivity contribution in [3.05, 3.63) is 78.9 Å². The van der Waals surface area contributed by atoms with Gasteiger partial charge in [0.05, 0.1) is 28.4 Å². The van der Waals surface area contributed by atoms with E-state index in [2.05, 4.69) is 0 Å². The van der Waals surface area contributed by atoms with Crippen LogP contribution < -0.4 is 10.2 Å². The molecule has 0 aliphatic carbocycles. The van der Waals surface area contributed by atoms with Crippen molar-refractivity contribution in [1.82, 2.24) is 5.48 Å². The van der Waals surface area contributed by atoms with E-state index in [-0.39, 0.29) is 9.79 Å². The lowest BCUT2D eigenvalue weighted by atomic mass is 10.1. The molecule has 3 aromatic rings. The van der Waals surface area contributed by atoms with Gasteiger partial charge in [-0.25, -0.2) is 22.3 Å². The number of hydrogen-bond acceptors (Lipinski definition) is 8. The normalized spacial score (nSPS) is 13.6. The van der Waals surface area contributed by atoms with E-state index in [4.69, 9.17) is 9.94 Å². The van der Waals surface area contributed by atoms with Crippen LogP contribution in [0, 0.1) is 0 Å². The highest BCUT2D eigenvalue weighted by atomic mass is 32.2. The molecule has 1 amide bonds. The minimum absolute atomic E-state index is 0.224. The minimum Gasteiger partial charge on any atom is -0.497 e. The van der Waals surface area contributed by atoms with Gasteiger partial charge in [0.25, 0.3) is 5.91 Å². The summed E-state index contributed by atoms with van der Waals surface area (Å²) in [5.41, 5.74) is -0.208. The largest absolute Gasteiger partial charge is 0.497 e. The second kappa shape index (κ2) is 9.94. The molecule has 0 bridgehead atoms. The van der Waals surface area contributed by atoms with Crippen molar-refractivity contribution in [2.24, 2.45) is 0 Å². The van der Waals surface area contributed by atoms with Crippen LogP contribution in [0.4, 0.5) is 0 Å². The minimum atomic E-state index is -4.34. The fraction of sp³-hybridized carbons (Fsp3) is 0.174. The van der Waals surface area contributed by atoms with E-state index in [1.165, 1.54) is 43.5 Å². The van der Waals surface area contributed by atoms with Gasteiger partial charge < -0.3 is 9.84 Å². The highest BCUT2D eigenvalue weighted by Crippen LogP contribution is 2.26. The first-order valence-corrected chi connectivity index (χ1v) is 13.2. The zero-order valence-corrected chi connectivity index (χ0v) is 19.7. The Labute approximate surface area is 197 Å². The third kappa shape index (κ3) is 5.62. The van der Waals surface area contributed by atoms with Crippen LogP contribution >= 0.6 is 0 Å². The summed E-state index contributed by atoms with van der Waals surface area (Å²) in [6.07, 6.45) is 0. The molecular formula is C23H23NO8S2. The van der Waals surface area contributed by atoms with Gasteiger partial charge in [0, 0.05) is 0 Å². The lowest BCUT2D eigenvalue weighted by Crippen LogP contribution is -2.55. The maximum atomic E-state index is 13.0. The number of ether oxygens (including phenoxy) is 1. The molecule has 0 radical (unpaired) electrons. The van der Waals surface area contributed by atoms with Crippen molar-refractivity contribution in [2.45, 2.75) is 15.4 Å². The average Bonchev–Trinajstić information content (AvgIpc) is 2.83. The first-order chi connectivity index (χ1) is 16.0. The predicted molar refractivity (Wildman–Crippen MR) is 124 cm³/mol. The zero-order valence-electron chi connectivity index (χ0n) is 18.1. The molecule has 11 heteroatoms. The number of amides is 1. The van der Waals surface area contributed by atoms with Crippen LogP contribution in [0.5, 0.6) is 5.75 Å². The van der Waals surface area contributed by atoms with Crippen molar-refractivity contribution < 1.29 is 36.7 Å². The SMILES string of the molecule is COc1ccc(S(=O)(=O)CC(O)(CS(=O)(=O)c2ccc(-c3ccccc3)cc2)C(=O)NO)cc1. The van der Waals surface area contributed by atoms with Crippen LogP contribution in [-0.4, -0.2) is 57.3 Å². The standard InChI is InChI=1S/C23H23NO8S2/c1-32-19-9-13-21(14-10-19)34(30,31)16-23(26,22(25)24-27)15-33(28,29)20-11-7-18(8-12-20)17-5-3-2-4-6-17/h2-14,26-27H,15-16H2,1H3,(H,24,25). The molecule has 0 spiro atoms. The third-order valence-corrected chi connectivity index (χ3v) is 8.82. The average molecular weight is 506 g/mol. The molecule has 1 atom stereocenters. The van der Waals surface area contributed by atoms with Crippen LogP contribution in [0.1, 0.15) is 0 Å². The fourth-order valence-electron chi connectivity index (χ4n) is 3.34. The number of nitrogens with one attached hydrogen (secondary N) is 1. The van der Waals surface area contributed by atoms with E-state index in [1.807, 2.05) is 30.3 Å². The van der Waals surface area contributed by atoms with Gasteiger partial charge in [0.15, 0.2) is 25.3 Å². The molecule has 3 N–H and O–H groups in total. The smallest absolute Gasteiger partial charge is 0.277 e. The van der Waals surface area contributed by atoms with Gasteiger partial charge in [-0.1, -0.05) is 42.5 Å². The summed E-state index contributed by atoms with van der Waals surface area (Å²) in [4.78, 5) is 11.7. The molecule has 1 unspecified atom stereocenters. The maximum absolute atomic E-state index is 13.0. The molecule has 3 rings (SSSR count). The van der Waals surface area contributed by atoms with Gasteiger partial charge >= 0.3 is 0 Å². The third-order valence-electron chi connectivity index (χ3n) is 5.12. The number of hydroxylamine groups is 1. The fourth-order valence-corrected chi connectivity index (χ4v) is 6.63. The summed E-state index contributed by atoms with van der Waals surface area (Å²) < 4.78 is 56.6. The van der Waals surface area contributed by atoms with E-state index >= 15 is 0 Å². The highest BCUT2D eigenvalue weighted by Gasteiger charge is 2.45. The zero-order chi connectivity index (χ0) is 25.0. The number of hydrogen-bond donors (Lipinski definition) is 3. The Kier molecular flexibility index (Phi) is 7.41. The summed E-state index contributed by atoms with van der Waals surface area (Å²) in [6.45, 7) is 0. The van der Waals surface area contributed by atoms with E-state index in [9.17, 15) is 26.7 Å². The number of carbonyl (C=O) groups excluding carboxylic acids is 1. The molecule has 3 aromatic carbocycles. The van der Waals surface area contributed by atoms with E-state index in [0.29, 0.717) is 5.75 Å². The second-order valence-electron chi connectivity index (χ2n) is 7.56. The Morgan fingerprint density at radius 2 is 1.24 bits per heavy atom. The molecule has 0 aliphatic heterocycles. The van der Waals surface area contributed by atoms with Crippen molar-refractivity contribution >= 4 is 25.6 Å². The molecule has 0 saturated carbocycles. The summed E-state index contributed by atoms with van der Waals surface area (Å²) in [5, 5.41) is 19.9. The van der Waals surface area contributed by atoms with Gasteiger partial charge in [-0.2, -0.15) is 0 Å². The molecule has 0 aliphatic rings. The van der Waals surface area contributed by atoms with Crippen molar-refractivity contribution in [2.75, 3.05) is 18.6 Å². The van der Waals surface area contributed by atoms with Crippen LogP contribution in [0.3, 0.4) is 0 Å². The van der Waals surface area contributed by atoms with Crippen LogP contribution in [0.25, 0.3) is 11.1 Å². The van der Waals surface area contributed by atoms with E-state index in [1.54, 1.807) is 12.1 Å². The predicted octanol–water partition coefficient (Wildman–Crippen LogP) is 1.85. The molecule has 0 fully saturated rings. The molecule has 180 valence electrons. The molecule has 0 heterocycles. The number of rotatable bonds is 9. The van der Waals surface area contributed by atoms with Crippen LogP contribution in [-0.2, 0) is 24.5 Å². The second-order valence-corrected chi connectivity index (χ2v) is 11.5. The summed E-state index contributed by atoms with van der Waals surface area (Å²) in [6, 6.07) is 20.0. The summed E-state index contributed by atoms with van der Waals surface area (Å²) in [5.74, 6) is -3.73. The Balaban J connectivity index is 1.90. The molecule has 0 saturated heterocycles. The van der Waals surface area contributed by atoms with Gasteiger partial charge in [-0.05, 0) is 47.5 Å². The quantitative estimate of drug-likeness (QED) is 0.295. The molecule has 34 heavy (non-hydrogen) atoms. The van der Waals surface area contributed by atoms with E-state index < -0.39 is 42.7 Å². The van der Waals surface area contributed by atoms with Gasteiger partial charge in [0.1, 0.15) is 5.75 Å². The Morgan fingerprint density at radius 3 is 1.68 bits per heavy atom. The van der Waals surface area contributed by atoms with Crippen LogP contribution in [0.15, 0.2) is 88.7 Å². The van der Waals surface area contributed by atoms with Crippen molar-refractivity contribution in [3.8, 4) is 16.9 Å². The Morgan fingerprint density at radius 1 is 0.794 bits per heavy atom. The van der Waals surface area contributed by atoms with Crippen LogP contribution in [0.2, 0.25) is 0 Å². The topological polar surface area (TPSA) is 147 Å². The molecule has 9 nitrogen and oxygen atoms in total. The highest BCUT2D eigenvalue weighted by molar-refractivity contribution is 7.92. The number of methoxy groups -OCH3 is 1. The first-order valence-electron chi connectivity index (χ1n) is 9.93. The Hall–Kier alpha value is -3.25. The summed E-state index contributed by atoms with van der Waals surface area (Å²) in [7, 11) is -7.29. The molecular weight excluding hydrogens is 482 g/mol. The number of benzene rings is 3. The number of sulfone groups is 2. The number of carbonyl (C=O) groups is 1. The summed E-state index contributed by atoms with van der Waals surface area (Å²) >= 11 is 0. The lowest BCUT2D eigenvalue weighted by molar-refractivity contribution is -0.144. The first kappa shape index (κ1) is 25.4. The Bertz CT molecular complexity index is 1350. The molecule has 0 aromatic heterocycles. The maximum Gasteiger partial charge on any atom is 0.277 e. The van der Waals surface area contributed by atoms with Gasteiger partial charge in [0.2, 0.25) is 0 Å². The van der Waals surface area contributed by atoms with Crippen molar-refractivity contribution in [3.63, 3.8) is 0 Å².